The molecular formula is C18H17ClN2O2S. The number of aromatic nitrogens is 1. The molecule has 0 unspecified atom stereocenters. The van der Waals surface area contributed by atoms with E-state index in [9.17, 15) is 8.42 Å². The van der Waals surface area contributed by atoms with Crippen molar-refractivity contribution in [3.8, 4) is 0 Å². The third-order valence-electron chi connectivity index (χ3n) is 4.50. The first kappa shape index (κ1) is 15.7. The predicted molar refractivity (Wildman–Crippen MR) is 96.3 cm³/mol. The molecule has 0 amide bonds. The van der Waals surface area contributed by atoms with E-state index < -0.39 is 10.0 Å². The van der Waals surface area contributed by atoms with Gasteiger partial charge in [-0.2, -0.15) is 0 Å². The molecule has 2 aromatic carbocycles. The van der Waals surface area contributed by atoms with Crippen molar-refractivity contribution in [2.75, 3.05) is 13.1 Å². The van der Waals surface area contributed by atoms with Gasteiger partial charge in [-0.3, -0.25) is 0 Å². The number of rotatable bonds is 2. The summed E-state index contributed by atoms with van der Waals surface area (Å²) in [6.07, 6.45) is 3.36. The Morgan fingerprint density at radius 1 is 0.958 bits per heavy atom. The largest absolute Gasteiger partial charge is 0.316 e. The number of fused-ring (bicyclic) bond motifs is 2. The van der Waals surface area contributed by atoms with Crippen molar-refractivity contribution in [3.63, 3.8) is 0 Å². The first-order valence-corrected chi connectivity index (χ1v) is 9.72. The molecule has 1 aliphatic rings. The van der Waals surface area contributed by atoms with Crippen molar-refractivity contribution in [3.05, 3.63) is 64.8 Å². The van der Waals surface area contributed by atoms with Gasteiger partial charge in [0.2, 0.25) is 0 Å². The minimum absolute atomic E-state index is 0.320. The van der Waals surface area contributed by atoms with Crippen molar-refractivity contribution in [2.24, 2.45) is 0 Å². The van der Waals surface area contributed by atoms with E-state index in [4.69, 9.17) is 11.6 Å². The lowest BCUT2D eigenvalue weighted by Crippen LogP contribution is -2.16. The molecule has 0 spiro atoms. The van der Waals surface area contributed by atoms with E-state index in [1.165, 1.54) is 9.54 Å². The van der Waals surface area contributed by atoms with Gasteiger partial charge in [0.25, 0.3) is 10.0 Å². The Hall–Kier alpha value is -1.82. The summed E-state index contributed by atoms with van der Waals surface area (Å²) in [6.45, 7) is 1.80. The molecule has 1 aliphatic heterocycles. The van der Waals surface area contributed by atoms with Crippen LogP contribution >= 0.6 is 11.6 Å². The Kier molecular flexibility index (Phi) is 3.87. The van der Waals surface area contributed by atoms with Crippen molar-refractivity contribution in [1.29, 1.82) is 0 Å². The highest BCUT2D eigenvalue weighted by molar-refractivity contribution is 7.90. The molecule has 1 N–H and O–H groups in total. The van der Waals surface area contributed by atoms with E-state index in [2.05, 4.69) is 5.32 Å². The van der Waals surface area contributed by atoms with Crippen LogP contribution in [0.2, 0.25) is 5.02 Å². The maximum atomic E-state index is 13.1. The lowest BCUT2D eigenvalue weighted by atomic mass is 10.0. The van der Waals surface area contributed by atoms with Crippen molar-refractivity contribution in [2.45, 2.75) is 17.7 Å². The van der Waals surface area contributed by atoms with Gasteiger partial charge in [-0.05, 0) is 67.4 Å². The van der Waals surface area contributed by atoms with Gasteiger partial charge in [0.15, 0.2) is 0 Å². The van der Waals surface area contributed by atoms with Gasteiger partial charge in [-0.1, -0.05) is 23.7 Å². The van der Waals surface area contributed by atoms with Crippen LogP contribution in [0.15, 0.2) is 53.6 Å². The second-order valence-corrected chi connectivity index (χ2v) is 8.25. The Balaban J connectivity index is 1.85. The minimum Gasteiger partial charge on any atom is -0.316 e. The second-order valence-electron chi connectivity index (χ2n) is 6.00. The zero-order chi connectivity index (χ0) is 16.7. The Bertz CT molecular complexity index is 1020. The van der Waals surface area contributed by atoms with Gasteiger partial charge in [-0.15, -0.1) is 0 Å². The fraction of sp³-hybridized carbons (Fsp3) is 0.222. The van der Waals surface area contributed by atoms with Crippen LogP contribution in [0, 0.1) is 0 Å². The molecule has 4 nitrogen and oxygen atoms in total. The van der Waals surface area contributed by atoms with E-state index in [-0.39, 0.29) is 0 Å². The Morgan fingerprint density at radius 2 is 1.75 bits per heavy atom. The molecule has 0 atom stereocenters. The average Bonchev–Trinajstić information content (AvgIpc) is 2.84. The minimum atomic E-state index is -3.65. The van der Waals surface area contributed by atoms with Gasteiger partial charge in [0.05, 0.1) is 10.4 Å². The van der Waals surface area contributed by atoms with Crippen LogP contribution < -0.4 is 5.32 Å². The quantitative estimate of drug-likeness (QED) is 0.763. The van der Waals surface area contributed by atoms with Crippen molar-refractivity contribution in [1.82, 2.24) is 9.29 Å². The number of hydrogen-bond acceptors (Lipinski definition) is 3. The van der Waals surface area contributed by atoms with Crippen LogP contribution in [0.5, 0.6) is 0 Å². The molecule has 0 radical (unpaired) electrons. The summed E-state index contributed by atoms with van der Waals surface area (Å²) in [4.78, 5) is 0.320. The topological polar surface area (TPSA) is 51.1 Å². The maximum absolute atomic E-state index is 13.1. The van der Waals surface area contributed by atoms with Crippen molar-refractivity contribution >= 4 is 32.5 Å². The van der Waals surface area contributed by atoms with E-state index in [0.717, 1.165) is 36.9 Å². The van der Waals surface area contributed by atoms with Crippen LogP contribution in [0.1, 0.15) is 11.1 Å². The third-order valence-corrected chi connectivity index (χ3v) is 6.42. The normalized spacial score (nSPS) is 15.2. The number of benzene rings is 2. The predicted octanol–water partition coefficient (Wildman–Crippen LogP) is 3.22. The zero-order valence-electron chi connectivity index (χ0n) is 13.0. The lowest BCUT2D eigenvalue weighted by Gasteiger charge is -2.11. The molecule has 6 heteroatoms. The summed E-state index contributed by atoms with van der Waals surface area (Å²) < 4.78 is 27.5. The molecule has 2 heterocycles. The number of nitrogens with zero attached hydrogens (tertiary/aromatic N) is 1. The average molecular weight is 361 g/mol. The van der Waals surface area contributed by atoms with Gasteiger partial charge in [-0.25, -0.2) is 12.4 Å². The van der Waals surface area contributed by atoms with Gasteiger partial charge in [0.1, 0.15) is 0 Å². The van der Waals surface area contributed by atoms with Gasteiger partial charge in [0, 0.05) is 16.6 Å². The molecule has 0 fully saturated rings. The van der Waals surface area contributed by atoms with Crippen LogP contribution in [0.3, 0.4) is 0 Å². The van der Waals surface area contributed by atoms with Crippen LogP contribution in [-0.2, 0) is 22.9 Å². The first-order chi connectivity index (χ1) is 11.6. The highest BCUT2D eigenvalue weighted by Crippen LogP contribution is 2.26. The third kappa shape index (κ3) is 2.62. The molecule has 124 valence electrons. The molecule has 3 aromatic rings. The summed E-state index contributed by atoms with van der Waals surface area (Å²) in [7, 11) is -3.65. The number of nitrogens with one attached hydrogen (secondary N) is 1. The first-order valence-electron chi connectivity index (χ1n) is 7.90. The van der Waals surface area contributed by atoms with Crippen LogP contribution in [0.25, 0.3) is 10.9 Å². The zero-order valence-corrected chi connectivity index (χ0v) is 14.6. The highest BCUT2D eigenvalue weighted by Gasteiger charge is 2.21. The summed E-state index contributed by atoms with van der Waals surface area (Å²) in [5.74, 6) is 0. The van der Waals surface area contributed by atoms with Crippen LogP contribution in [-0.4, -0.2) is 25.5 Å². The van der Waals surface area contributed by atoms with Gasteiger partial charge < -0.3 is 5.32 Å². The maximum Gasteiger partial charge on any atom is 0.268 e. The molecular weight excluding hydrogens is 344 g/mol. The van der Waals surface area contributed by atoms with Crippen LogP contribution in [0.4, 0.5) is 0 Å². The number of halogens is 1. The molecule has 0 saturated heterocycles. The summed E-state index contributed by atoms with van der Waals surface area (Å²) in [5, 5.41) is 4.71. The highest BCUT2D eigenvalue weighted by atomic mass is 35.5. The molecule has 24 heavy (non-hydrogen) atoms. The van der Waals surface area contributed by atoms with Gasteiger partial charge >= 0.3 is 0 Å². The molecule has 4 rings (SSSR count). The van der Waals surface area contributed by atoms with E-state index in [1.807, 2.05) is 18.2 Å². The number of hydrogen-bond donors (Lipinski definition) is 1. The summed E-state index contributed by atoms with van der Waals surface area (Å²) >= 11 is 6.04. The molecule has 1 aromatic heterocycles. The SMILES string of the molecule is O=S(=O)(c1ccc2c(c1)CCNCC2)n1ccc2ccc(Cl)cc21. The monoisotopic (exact) mass is 360 g/mol. The van der Waals surface area contributed by atoms with E-state index in [0.29, 0.717) is 15.4 Å². The second kappa shape index (κ2) is 5.92. The van der Waals surface area contributed by atoms with E-state index in [1.54, 1.807) is 30.5 Å². The standard InChI is InChI=1S/C18H17ClN2O2S/c19-16-3-1-14-7-10-21(18(14)12-16)24(22,23)17-4-2-13-5-8-20-9-6-15(13)11-17/h1-4,7,10-12,20H,5-6,8-9H2. The smallest absolute Gasteiger partial charge is 0.268 e. The molecule has 0 bridgehead atoms. The summed E-state index contributed by atoms with van der Waals surface area (Å²) in [6, 6.07) is 12.5. The molecule has 0 aliphatic carbocycles. The Morgan fingerprint density at radius 3 is 2.58 bits per heavy atom. The fourth-order valence-electron chi connectivity index (χ4n) is 3.21. The van der Waals surface area contributed by atoms with E-state index >= 15 is 0 Å². The summed E-state index contributed by atoms with van der Waals surface area (Å²) in [5.41, 5.74) is 2.93. The lowest BCUT2D eigenvalue weighted by molar-refractivity contribution is 0.589. The fourth-order valence-corrected chi connectivity index (χ4v) is 4.77. The Labute approximate surface area is 146 Å². The van der Waals surface area contributed by atoms with Crippen molar-refractivity contribution < 1.29 is 8.42 Å². The molecule has 0 saturated carbocycles.